The van der Waals surface area contributed by atoms with Crippen molar-refractivity contribution in [1.29, 1.82) is 5.26 Å². The van der Waals surface area contributed by atoms with Crippen molar-refractivity contribution in [3.8, 4) is 11.8 Å². The van der Waals surface area contributed by atoms with Crippen LogP contribution in [0.1, 0.15) is 12.0 Å². The lowest BCUT2D eigenvalue weighted by atomic mass is 10.2. The summed E-state index contributed by atoms with van der Waals surface area (Å²) in [4.78, 5) is 0. The number of halogens is 4. The van der Waals surface area contributed by atoms with Crippen molar-refractivity contribution in [2.45, 2.75) is 12.6 Å². The zero-order valence-corrected chi connectivity index (χ0v) is 9.60. The van der Waals surface area contributed by atoms with Gasteiger partial charge in [0, 0.05) is 4.47 Å². The molecule has 1 aromatic rings. The molecule has 0 aliphatic rings. The van der Waals surface area contributed by atoms with Crippen LogP contribution in [0.25, 0.3) is 0 Å². The van der Waals surface area contributed by atoms with Gasteiger partial charge in [-0.05, 0) is 18.2 Å². The van der Waals surface area contributed by atoms with Gasteiger partial charge in [-0.15, -0.1) is 0 Å². The zero-order chi connectivity index (χ0) is 12.2. The van der Waals surface area contributed by atoms with E-state index in [1.54, 1.807) is 6.07 Å². The molecule has 0 aliphatic carbocycles. The number of alkyl halides is 3. The standard InChI is InChI=1S/C10H7BrF3NO/c11-8-2-1-7(6-15)9(5-8)16-4-3-10(12,13)14/h1-2,5H,3-4H2. The van der Waals surface area contributed by atoms with E-state index in [1.807, 2.05) is 6.07 Å². The van der Waals surface area contributed by atoms with E-state index in [2.05, 4.69) is 15.9 Å². The molecule has 1 rings (SSSR count). The summed E-state index contributed by atoms with van der Waals surface area (Å²) in [5.41, 5.74) is 0.213. The Balaban J connectivity index is 2.67. The van der Waals surface area contributed by atoms with Gasteiger partial charge in [0.05, 0.1) is 18.6 Å². The average Bonchev–Trinajstić information content (AvgIpc) is 2.16. The molecule has 0 atom stereocenters. The average molecular weight is 294 g/mol. The lowest BCUT2D eigenvalue weighted by molar-refractivity contribution is -0.139. The second kappa shape index (κ2) is 5.21. The van der Waals surface area contributed by atoms with Gasteiger partial charge in [0.25, 0.3) is 0 Å². The maximum atomic E-state index is 11.9. The third-order valence-corrected chi connectivity index (χ3v) is 2.20. The Morgan fingerprint density at radius 3 is 2.62 bits per heavy atom. The summed E-state index contributed by atoms with van der Waals surface area (Å²) >= 11 is 3.15. The van der Waals surface area contributed by atoms with E-state index < -0.39 is 19.2 Å². The molecule has 0 aromatic heterocycles. The second-order valence-corrected chi connectivity index (χ2v) is 3.88. The van der Waals surface area contributed by atoms with E-state index >= 15 is 0 Å². The molecule has 2 nitrogen and oxygen atoms in total. The van der Waals surface area contributed by atoms with Crippen LogP contribution in [0, 0.1) is 11.3 Å². The summed E-state index contributed by atoms with van der Waals surface area (Å²) in [6.45, 7) is -0.491. The Labute approximate surface area is 98.8 Å². The molecule has 0 saturated heterocycles. The molecule has 86 valence electrons. The van der Waals surface area contributed by atoms with Gasteiger partial charge in [0.2, 0.25) is 0 Å². The van der Waals surface area contributed by atoms with Crippen LogP contribution >= 0.6 is 15.9 Å². The SMILES string of the molecule is N#Cc1ccc(Br)cc1OCCC(F)(F)F. The molecule has 0 N–H and O–H groups in total. The summed E-state index contributed by atoms with van der Waals surface area (Å²) in [6.07, 6.45) is -5.29. The van der Waals surface area contributed by atoms with Crippen molar-refractivity contribution in [3.63, 3.8) is 0 Å². The Hall–Kier alpha value is -1.22. The number of rotatable bonds is 3. The van der Waals surface area contributed by atoms with Crippen LogP contribution in [-0.4, -0.2) is 12.8 Å². The first kappa shape index (κ1) is 12.8. The van der Waals surface area contributed by atoms with Gasteiger partial charge >= 0.3 is 6.18 Å². The third kappa shape index (κ3) is 4.11. The first-order valence-corrected chi connectivity index (χ1v) is 5.11. The van der Waals surface area contributed by atoms with E-state index in [1.165, 1.54) is 12.1 Å². The van der Waals surface area contributed by atoms with Crippen LogP contribution in [0.15, 0.2) is 22.7 Å². The van der Waals surface area contributed by atoms with Crippen molar-refractivity contribution in [2.24, 2.45) is 0 Å². The molecule has 0 spiro atoms. The molecule has 0 bridgehead atoms. The van der Waals surface area contributed by atoms with Gasteiger partial charge in [-0.25, -0.2) is 0 Å². The largest absolute Gasteiger partial charge is 0.492 e. The highest BCUT2D eigenvalue weighted by Gasteiger charge is 2.27. The number of hydrogen-bond acceptors (Lipinski definition) is 2. The number of hydrogen-bond donors (Lipinski definition) is 0. The first-order chi connectivity index (χ1) is 7.42. The van der Waals surface area contributed by atoms with Gasteiger partial charge in [-0.1, -0.05) is 15.9 Å². The van der Waals surface area contributed by atoms with Gasteiger partial charge in [-0.3, -0.25) is 0 Å². The maximum Gasteiger partial charge on any atom is 0.392 e. The lowest BCUT2D eigenvalue weighted by Gasteiger charge is -2.09. The van der Waals surface area contributed by atoms with Crippen LogP contribution in [0.4, 0.5) is 13.2 Å². The molecule has 6 heteroatoms. The van der Waals surface area contributed by atoms with E-state index in [0.717, 1.165) is 0 Å². The van der Waals surface area contributed by atoms with Crippen molar-refractivity contribution in [2.75, 3.05) is 6.61 Å². The minimum atomic E-state index is -4.25. The molecule has 0 saturated carbocycles. The van der Waals surface area contributed by atoms with E-state index in [0.29, 0.717) is 4.47 Å². The van der Waals surface area contributed by atoms with E-state index in [9.17, 15) is 13.2 Å². The fraction of sp³-hybridized carbons (Fsp3) is 0.300. The van der Waals surface area contributed by atoms with E-state index in [4.69, 9.17) is 10.00 Å². The Bertz CT molecular complexity index is 412. The van der Waals surface area contributed by atoms with Crippen LogP contribution in [0.3, 0.4) is 0 Å². The summed E-state index contributed by atoms with van der Waals surface area (Å²) in [5, 5.41) is 8.70. The highest BCUT2D eigenvalue weighted by molar-refractivity contribution is 9.10. The van der Waals surface area contributed by atoms with Crippen LogP contribution in [0.2, 0.25) is 0 Å². The van der Waals surface area contributed by atoms with Gasteiger partial charge in [0.1, 0.15) is 11.8 Å². The molecule has 0 heterocycles. The number of ether oxygens (including phenoxy) is 1. The number of benzene rings is 1. The molecule has 0 unspecified atom stereocenters. The van der Waals surface area contributed by atoms with Gasteiger partial charge in [0.15, 0.2) is 0 Å². The number of nitrogens with zero attached hydrogens (tertiary/aromatic N) is 1. The molecular formula is C10H7BrF3NO. The maximum absolute atomic E-state index is 11.9. The number of nitriles is 1. The second-order valence-electron chi connectivity index (χ2n) is 2.97. The fourth-order valence-corrected chi connectivity index (χ4v) is 1.32. The van der Waals surface area contributed by atoms with Crippen molar-refractivity contribution in [1.82, 2.24) is 0 Å². The quantitative estimate of drug-likeness (QED) is 0.852. The Morgan fingerprint density at radius 1 is 1.38 bits per heavy atom. The summed E-state index contributed by atoms with van der Waals surface area (Å²) in [6, 6.07) is 6.41. The predicted octanol–water partition coefficient (Wildman–Crippen LogP) is 3.65. The molecule has 0 fully saturated rings. The lowest BCUT2D eigenvalue weighted by Crippen LogP contribution is -2.13. The highest BCUT2D eigenvalue weighted by atomic mass is 79.9. The smallest absolute Gasteiger partial charge is 0.392 e. The van der Waals surface area contributed by atoms with Crippen LogP contribution in [0.5, 0.6) is 5.75 Å². The van der Waals surface area contributed by atoms with Crippen molar-refractivity contribution < 1.29 is 17.9 Å². The molecule has 16 heavy (non-hydrogen) atoms. The van der Waals surface area contributed by atoms with Gasteiger partial charge in [-0.2, -0.15) is 18.4 Å². The molecular weight excluding hydrogens is 287 g/mol. The summed E-state index contributed by atoms with van der Waals surface area (Å²) < 4.78 is 41.2. The molecule has 0 amide bonds. The van der Waals surface area contributed by atoms with Crippen molar-refractivity contribution >= 4 is 15.9 Å². The summed E-state index contributed by atoms with van der Waals surface area (Å²) in [5.74, 6) is 0.154. The minimum absolute atomic E-state index is 0.154. The predicted molar refractivity (Wildman–Crippen MR) is 55.0 cm³/mol. The monoisotopic (exact) mass is 293 g/mol. The molecule has 0 radical (unpaired) electrons. The van der Waals surface area contributed by atoms with Crippen LogP contribution in [-0.2, 0) is 0 Å². The Kier molecular flexibility index (Phi) is 4.19. The van der Waals surface area contributed by atoms with Gasteiger partial charge < -0.3 is 4.74 Å². The molecule has 0 aliphatic heterocycles. The Morgan fingerprint density at radius 2 is 2.06 bits per heavy atom. The molecule has 1 aromatic carbocycles. The summed E-state index contributed by atoms with van der Waals surface area (Å²) in [7, 11) is 0. The zero-order valence-electron chi connectivity index (χ0n) is 8.01. The van der Waals surface area contributed by atoms with Crippen LogP contribution < -0.4 is 4.74 Å². The topological polar surface area (TPSA) is 33.0 Å². The minimum Gasteiger partial charge on any atom is -0.492 e. The third-order valence-electron chi connectivity index (χ3n) is 1.71. The normalized spacial score (nSPS) is 10.9. The first-order valence-electron chi connectivity index (χ1n) is 4.31. The van der Waals surface area contributed by atoms with E-state index in [-0.39, 0.29) is 11.3 Å². The fourth-order valence-electron chi connectivity index (χ4n) is 0.985. The highest BCUT2D eigenvalue weighted by Crippen LogP contribution is 2.25. The van der Waals surface area contributed by atoms with Crippen molar-refractivity contribution in [3.05, 3.63) is 28.2 Å².